The SMILES string of the molecule is Cc1cc(CN2CCN(S(=O)(=O)c3cc([N+](=O)[O-])cc(C)c3C)CC2)no1. The number of nitro benzene ring substituents is 1. The number of benzene rings is 1. The highest BCUT2D eigenvalue weighted by atomic mass is 32.2. The smallest absolute Gasteiger partial charge is 0.271 e. The van der Waals surface area contributed by atoms with Gasteiger partial charge in [0.15, 0.2) is 0 Å². The van der Waals surface area contributed by atoms with Crippen LogP contribution in [0.3, 0.4) is 0 Å². The molecule has 0 amide bonds. The quantitative estimate of drug-likeness (QED) is 0.563. The van der Waals surface area contributed by atoms with Gasteiger partial charge in [0.05, 0.1) is 15.5 Å². The van der Waals surface area contributed by atoms with E-state index in [1.54, 1.807) is 13.8 Å². The predicted octanol–water partition coefficient (Wildman–Crippen LogP) is 2.01. The van der Waals surface area contributed by atoms with Crippen LogP contribution in [0.15, 0.2) is 27.6 Å². The fourth-order valence-corrected chi connectivity index (χ4v) is 4.91. The fourth-order valence-electron chi connectivity index (χ4n) is 3.17. The molecule has 0 saturated carbocycles. The second-order valence-corrected chi connectivity index (χ2v) is 8.66. The summed E-state index contributed by atoms with van der Waals surface area (Å²) in [6.45, 7) is 7.52. The topological polar surface area (TPSA) is 110 Å². The Bertz CT molecular complexity index is 962. The monoisotopic (exact) mass is 394 g/mol. The Labute approximate surface area is 157 Å². The first kappa shape index (κ1) is 19.5. The lowest BCUT2D eigenvalue weighted by molar-refractivity contribution is -0.385. The van der Waals surface area contributed by atoms with E-state index < -0.39 is 14.9 Å². The molecule has 1 aliphatic heterocycles. The molecule has 1 saturated heterocycles. The first-order chi connectivity index (χ1) is 12.7. The normalized spacial score (nSPS) is 16.6. The minimum Gasteiger partial charge on any atom is -0.361 e. The van der Waals surface area contributed by atoms with Crippen LogP contribution in [0.2, 0.25) is 0 Å². The van der Waals surface area contributed by atoms with E-state index in [9.17, 15) is 18.5 Å². The number of hydrogen-bond donors (Lipinski definition) is 0. The number of piperazine rings is 1. The third kappa shape index (κ3) is 4.02. The molecule has 2 aromatic rings. The summed E-state index contributed by atoms with van der Waals surface area (Å²) in [7, 11) is -3.80. The highest BCUT2D eigenvalue weighted by Crippen LogP contribution is 2.28. The molecule has 0 N–H and O–H groups in total. The van der Waals surface area contributed by atoms with Gasteiger partial charge < -0.3 is 4.52 Å². The molecule has 1 aromatic carbocycles. The van der Waals surface area contributed by atoms with Crippen molar-refractivity contribution in [3.8, 4) is 0 Å². The Morgan fingerprint density at radius 2 is 1.81 bits per heavy atom. The van der Waals surface area contributed by atoms with Crippen molar-refractivity contribution in [3.63, 3.8) is 0 Å². The summed E-state index contributed by atoms with van der Waals surface area (Å²) in [5.41, 5.74) is 1.73. The van der Waals surface area contributed by atoms with E-state index in [4.69, 9.17) is 4.52 Å². The lowest BCUT2D eigenvalue weighted by atomic mass is 10.1. The van der Waals surface area contributed by atoms with Crippen molar-refractivity contribution in [2.75, 3.05) is 26.2 Å². The molecule has 0 radical (unpaired) electrons. The zero-order valence-corrected chi connectivity index (χ0v) is 16.3. The van der Waals surface area contributed by atoms with Gasteiger partial charge in [0.2, 0.25) is 10.0 Å². The molecule has 146 valence electrons. The maximum atomic E-state index is 13.1. The maximum absolute atomic E-state index is 13.1. The summed E-state index contributed by atoms with van der Waals surface area (Å²) in [4.78, 5) is 12.7. The lowest BCUT2D eigenvalue weighted by Crippen LogP contribution is -2.48. The van der Waals surface area contributed by atoms with Gasteiger partial charge in [-0.15, -0.1) is 0 Å². The third-order valence-corrected chi connectivity index (χ3v) is 6.85. The molecule has 9 nitrogen and oxygen atoms in total. The predicted molar refractivity (Wildman–Crippen MR) is 97.8 cm³/mol. The van der Waals surface area contributed by atoms with Gasteiger partial charge in [-0.05, 0) is 31.9 Å². The number of sulfonamides is 1. The van der Waals surface area contributed by atoms with Crippen molar-refractivity contribution in [2.24, 2.45) is 0 Å². The van der Waals surface area contributed by atoms with Gasteiger partial charge >= 0.3 is 0 Å². The molecule has 1 aliphatic rings. The van der Waals surface area contributed by atoms with Gasteiger partial charge in [-0.2, -0.15) is 4.31 Å². The minimum atomic E-state index is -3.80. The molecule has 27 heavy (non-hydrogen) atoms. The second kappa shape index (κ2) is 7.37. The Balaban J connectivity index is 1.76. The minimum absolute atomic E-state index is 0.00905. The van der Waals surface area contributed by atoms with Crippen molar-refractivity contribution in [3.05, 3.63) is 50.9 Å². The number of nitrogens with zero attached hydrogens (tertiary/aromatic N) is 4. The summed E-state index contributed by atoms with van der Waals surface area (Å²) in [6.07, 6.45) is 0. The summed E-state index contributed by atoms with van der Waals surface area (Å²) in [5, 5.41) is 15.1. The van der Waals surface area contributed by atoms with Crippen LogP contribution >= 0.6 is 0 Å². The maximum Gasteiger partial charge on any atom is 0.271 e. The molecular formula is C17H22N4O5S. The van der Waals surface area contributed by atoms with E-state index in [-0.39, 0.29) is 10.6 Å². The summed E-state index contributed by atoms with van der Waals surface area (Å²) >= 11 is 0. The van der Waals surface area contributed by atoms with Crippen LogP contribution in [-0.4, -0.2) is 53.9 Å². The molecule has 0 aliphatic carbocycles. The highest BCUT2D eigenvalue weighted by molar-refractivity contribution is 7.89. The van der Waals surface area contributed by atoms with E-state index in [0.717, 1.165) is 17.5 Å². The van der Waals surface area contributed by atoms with E-state index in [1.807, 2.05) is 13.0 Å². The summed E-state index contributed by atoms with van der Waals surface area (Å²) < 4.78 is 32.6. The van der Waals surface area contributed by atoms with Gasteiger partial charge in [0.25, 0.3) is 5.69 Å². The van der Waals surface area contributed by atoms with Crippen molar-refractivity contribution in [1.82, 2.24) is 14.4 Å². The van der Waals surface area contributed by atoms with E-state index in [0.29, 0.717) is 43.9 Å². The standard InChI is InChI=1S/C17H22N4O5S/c1-12-8-16(21(22)23)10-17(14(12)3)27(24,25)20-6-4-19(5-7-20)11-15-9-13(2)26-18-15/h8-10H,4-7,11H2,1-3H3. The Hall–Kier alpha value is -2.30. The second-order valence-electron chi connectivity index (χ2n) is 6.75. The Morgan fingerprint density at radius 1 is 1.15 bits per heavy atom. The largest absolute Gasteiger partial charge is 0.361 e. The van der Waals surface area contributed by atoms with Gasteiger partial charge in [-0.3, -0.25) is 15.0 Å². The number of rotatable bonds is 5. The average molecular weight is 394 g/mol. The molecule has 10 heteroatoms. The molecule has 0 spiro atoms. The van der Waals surface area contributed by atoms with Gasteiger partial charge in [0, 0.05) is 50.9 Å². The van der Waals surface area contributed by atoms with Crippen LogP contribution in [0.1, 0.15) is 22.6 Å². The molecule has 0 bridgehead atoms. The van der Waals surface area contributed by atoms with Crippen molar-refractivity contribution in [2.45, 2.75) is 32.2 Å². The van der Waals surface area contributed by atoms with Gasteiger partial charge in [-0.25, -0.2) is 8.42 Å². The van der Waals surface area contributed by atoms with Gasteiger partial charge in [-0.1, -0.05) is 5.16 Å². The fraction of sp³-hybridized carbons (Fsp3) is 0.471. The van der Waals surface area contributed by atoms with Crippen LogP contribution in [-0.2, 0) is 16.6 Å². The molecular weight excluding hydrogens is 372 g/mol. The van der Waals surface area contributed by atoms with Crippen LogP contribution in [0.5, 0.6) is 0 Å². The van der Waals surface area contributed by atoms with E-state index >= 15 is 0 Å². The number of nitro groups is 1. The van der Waals surface area contributed by atoms with Crippen LogP contribution in [0.25, 0.3) is 0 Å². The van der Waals surface area contributed by atoms with Gasteiger partial charge in [0.1, 0.15) is 5.76 Å². The van der Waals surface area contributed by atoms with Crippen molar-refractivity contribution < 1.29 is 17.9 Å². The number of aromatic nitrogens is 1. The average Bonchev–Trinajstić information content (AvgIpc) is 3.02. The molecule has 2 heterocycles. The molecule has 0 unspecified atom stereocenters. The summed E-state index contributed by atoms with van der Waals surface area (Å²) in [5.74, 6) is 0.739. The molecule has 0 atom stereocenters. The van der Waals surface area contributed by atoms with E-state index in [2.05, 4.69) is 10.1 Å². The van der Waals surface area contributed by atoms with Crippen molar-refractivity contribution in [1.29, 1.82) is 0 Å². The Morgan fingerprint density at radius 3 is 2.37 bits per heavy atom. The summed E-state index contributed by atoms with van der Waals surface area (Å²) in [6, 6.07) is 4.41. The molecule has 1 aromatic heterocycles. The number of hydrogen-bond acceptors (Lipinski definition) is 7. The van der Waals surface area contributed by atoms with Crippen LogP contribution < -0.4 is 0 Å². The first-order valence-electron chi connectivity index (χ1n) is 8.59. The zero-order chi connectivity index (χ0) is 19.8. The first-order valence-corrected chi connectivity index (χ1v) is 10.0. The highest BCUT2D eigenvalue weighted by Gasteiger charge is 2.31. The third-order valence-electron chi connectivity index (χ3n) is 4.83. The molecule has 1 fully saturated rings. The number of non-ortho nitro benzene ring substituents is 1. The number of aryl methyl sites for hydroxylation is 2. The van der Waals surface area contributed by atoms with Crippen molar-refractivity contribution >= 4 is 15.7 Å². The zero-order valence-electron chi connectivity index (χ0n) is 15.5. The van der Waals surface area contributed by atoms with E-state index in [1.165, 1.54) is 10.4 Å². The van der Waals surface area contributed by atoms with Crippen LogP contribution in [0, 0.1) is 30.9 Å². The van der Waals surface area contributed by atoms with Crippen LogP contribution in [0.4, 0.5) is 5.69 Å². The Kier molecular flexibility index (Phi) is 5.31. The lowest BCUT2D eigenvalue weighted by Gasteiger charge is -2.33. The molecule has 3 rings (SSSR count).